The molecule has 0 radical (unpaired) electrons. The number of carbonyl (C=O) groups excluding carboxylic acids is 2. The highest BCUT2D eigenvalue weighted by atomic mass is 35.5. The first-order chi connectivity index (χ1) is 8.08. The average Bonchev–Trinajstić information content (AvgIpc) is 2.72. The lowest BCUT2D eigenvalue weighted by molar-refractivity contribution is -0.139. The Morgan fingerprint density at radius 2 is 2.00 bits per heavy atom. The van der Waals surface area contributed by atoms with Gasteiger partial charge in [-0.2, -0.15) is 0 Å². The van der Waals surface area contributed by atoms with Gasteiger partial charge in [0.05, 0.1) is 6.54 Å². The van der Waals surface area contributed by atoms with E-state index in [4.69, 9.17) is 5.73 Å². The number of hydrogen-bond donors (Lipinski definition) is 2. The Morgan fingerprint density at radius 3 is 2.44 bits per heavy atom. The van der Waals surface area contributed by atoms with Crippen molar-refractivity contribution in [2.45, 2.75) is 39.2 Å². The van der Waals surface area contributed by atoms with Crippen LogP contribution in [0.1, 0.15) is 33.1 Å². The molecule has 1 fully saturated rings. The van der Waals surface area contributed by atoms with Gasteiger partial charge in [-0.15, -0.1) is 12.4 Å². The number of hydrogen-bond acceptors (Lipinski definition) is 3. The Hall–Kier alpha value is -0.810. The van der Waals surface area contributed by atoms with Gasteiger partial charge in [-0.3, -0.25) is 9.59 Å². The number of nitrogens with two attached hydrogens (primary N) is 1. The van der Waals surface area contributed by atoms with Gasteiger partial charge in [0.1, 0.15) is 0 Å². The fourth-order valence-corrected chi connectivity index (χ4v) is 2.27. The first kappa shape index (κ1) is 17.2. The van der Waals surface area contributed by atoms with Crippen LogP contribution in [0.15, 0.2) is 0 Å². The molecule has 3 N–H and O–H groups in total. The molecule has 0 bridgehead atoms. The maximum Gasteiger partial charge on any atom is 0.239 e. The van der Waals surface area contributed by atoms with Crippen molar-refractivity contribution in [2.75, 3.05) is 19.6 Å². The van der Waals surface area contributed by atoms with Crippen molar-refractivity contribution in [3.8, 4) is 0 Å². The van der Waals surface area contributed by atoms with Crippen molar-refractivity contribution in [3.05, 3.63) is 0 Å². The van der Waals surface area contributed by atoms with E-state index in [1.165, 1.54) is 0 Å². The quantitative estimate of drug-likeness (QED) is 0.769. The minimum absolute atomic E-state index is 0. The molecule has 1 aliphatic carbocycles. The second-order valence-corrected chi connectivity index (χ2v) is 4.58. The number of rotatable bonds is 5. The highest BCUT2D eigenvalue weighted by Crippen LogP contribution is 2.25. The van der Waals surface area contributed by atoms with Gasteiger partial charge in [-0.05, 0) is 33.1 Å². The van der Waals surface area contributed by atoms with Crippen molar-refractivity contribution < 1.29 is 9.59 Å². The smallest absolute Gasteiger partial charge is 0.239 e. The van der Waals surface area contributed by atoms with Gasteiger partial charge < -0.3 is 16.0 Å². The Kier molecular flexibility index (Phi) is 7.95. The third kappa shape index (κ3) is 4.82. The van der Waals surface area contributed by atoms with Crippen molar-refractivity contribution in [2.24, 2.45) is 11.7 Å². The van der Waals surface area contributed by atoms with Gasteiger partial charge in [0.15, 0.2) is 0 Å². The highest BCUT2D eigenvalue weighted by molar-refractivity contribution is 5.86. The van der Waals surface area contributed by atoms with Gasteiger partial charge in [0.2, 0.25) is 11.8 Å². The monoisotopic (exact) mass is 277 g/mol. The van der Waals surface area contributed by atoms with E-state index in [9.17, 15) is 9.59 Å². The van der Waals surface area contributed by atoms with Crippen LogP contribution in [0, 0.1) is 5.92 Å². The minimum Gasteiger partial charge on any atom is -0.355 e. The van der Waals surface area contributed by atoms with E-state index in [1.807, 2.05) is 13.8 Å². The summed E-state index contributed by atoms with van der Waals surface area (Å²) in [5.41, 5.74) is 5.80. The minimum atomic E-state index is -0.0926. The third-order valence-electron chi connectivity index (χ3n) is 3.22. The van der Waals surface area contributed by atoms with Gasteiger partial charge in [0, 0.05) is 25.0 Å². The predicted octanol–water partition coefficient (Wildman–Crippen LogP) is 0.520. The standard InChI is InChI=1S/C12H23N3O2.ClH/c1-3-14-11(16)8-15(4-2)12(17)9-5-6-10(13)7-9;/h9-10H,3-8,13H2,1-2H3,(H,14,16);1H. The molecule has 0 saturated heterocycles. The lowest BCUT2D eigenvalue weighted by atomic mass is 10.1. The van der Waals surface area contributed by atoms with Crippen LogP contribution in [0.3, 0.4) is 0 Å². The first-order valence-electron chi connectivity index (χ1n) is 6.39. The van der Waals surface area contributed by atoms with Crippen molar-refractivity contribution in [1.82, 2.24) is 10.2 Å². The van der Waals surface area contributed by atoms with Crippen LogP contribution in [0.25, 0.3) is 0 Å². The van der Waals surface area contributed by atoms with Crippen LogP contribution < -0.4 is 11.1 Å². The van der Waals surface area contributed by atoms with Crippen molar-refractivity contribution >= 4 is 24.2 Å². The van der Waals surface area contributed by atoms with Gasteiger partial charge in [-0.1, -0.05) is 0 Å². The van der Waals surface area contributed by atoms with Crippen LogP contribution in [0.5, 0.6) is 0 Å². The van der Waals surface area contributed by atoms with E-state index in [2.05, 4.69) is 5.32 Å². The Balaban J connectivity index is 0.00000289. The summed E-state index contributed by atoms with van der Waals surface area (Å²) in [6.07, 6.45) is 2.52. The molecule has 106 valence electrons. The molecule has 0 aromatic rings. The molecule has 18 heavy (non-hydrogen) atoms. The molecular weight excluding hydrogens is 254 g/mol. The second-order valence-electron chi connectivity index (χ2n) is 4.58. The van der Waals surface area contributed by atoms with Crippen molar-refractivity contribution in [3.63, 3.8) is 0 Å². The summed E-state index contributed by atoms with van der Waals surface area (Å²) in [5.74, 6) is -0.00363. The van der Waals surface area contributed by atoms with Crippen LogP contribution in [0.4, 0.5) is 0 Å². The topological polar surface area (TPSA) is 75.4 Å². The predicted molar refractivity (Wildman–Crippen MR) is 73.5 cm³/mol. The molecule has 1 saturated carbocycles. The molecule has 0 spiro atoms. The molecule has 0 heterocycles. The van der Waals surface area contributed by atoms with E-state index < -0.39 is 0 Å². The molecule has 1 rings (SSSR count). The van der Waals surface area contributed by atoms with Gasteiger partial charge >= 0.3 is 0 Å². The maximum absolute atomic E-state index is 12.2. The maximum atomic E-state index is 12.2. The molecule has 2 unspecified atom stereocenters. The number of likely N-dealkylation sites (N-methyl/N-ethyl adjacent to an activating group) is 2. The molecule has 0 aromatic heterocycles. The number of carbonyl (C=O) groups is 2. The fourth-order valence-electron chi connectivity index (χ4n) is 2.27. The number of halogens is 1. The van der Waals surface area contributed by atoms with Crippen LogP contribution in [-0.4, -0.2) is 42.4 Å². The van der Waals surface area contributed by atoms with Crippen LogP contribution in [-0.2, 0) is 9.59 Å². The Morgan fingerprint density at radius 1 is 1.33 bits per heavy atom. The number of nitrogens with one attached hydrogen (secondary N) is 1. The lowest BCUT2D eigenvalue weighted by Gasteiger charge is -2.23. The van der Waals surface area contributed by atoms with Crippen LogP contribution in [0.2, 0.25) is 0 Å². The van der Waals surface area contributed by atoms with E-state index in [0.717, 1.165) is 19.3 Å². The molecular formula is C12H24ClN3O2. The second kappa shape index (κ2) is 8.32. The third-order valence-corrected chi connectivity index (χ3v) is 3.22. The molecule has 0 aromatic carbocycles. The lowest BCUT2D eigenvalue weighted by Crippen LogP contribution is -2.43. The summed E-state index contributed by atoms with van der Waals surface area (Å²) in [5, 5.41) is 2.71. The summed E-state index contributed by atoms with van der Waals surface area (Å²) in [6.45, 7) is 5.09. The average molecular weight is 278 g/mol. The SMILES string of the molecule is CCNC(=O)CN(CC)C(=O)C1CCC(N)C1.Cl. The molecule has 6 heteroatoms. The first-order valence-corrected chi connectivity index (χ1v) is 6.39. The largest absolute Gasteiger partial charge is 0.355 e. The molecule has 1 aliphatic rings. The zero-order valence-electron chi connectivity index (χ0n) is 11.1. The number of nitrogens with zero attached hydrogens (tertiary/aromatic N) is 1. The van der Waals surface area contributed by atoms with E-state index in [1.54, 1.807) is 4.90 Å². The zero-order valence-corrected chi connectivity index (χ0v) is 12.0. The van der Waals surface area contributed by atoms with E-state index in [-0.39, 0.29) is 42.7 Å². The van der Waals surface area contributed by atoms with E-state index in [0.29, 0.717) is 13.1 Å². The fraction of sp³-hybridized carbons (Fsp3) is 0.833. The number of amides is 2. The Labute approximate surface area is 115 Å². The normalized spacial score (nSPS) is 22.2. The summed E-state index contributed by atoms with van der Waals surface area (Å²) < 4.78 is 0. The molecule has 0 aliphatic heterocycles. The zero-order chi connectivity index (χ0) is 12.8. The van der Waals surface area contributed by atoms with Crippen molar-refractivity contribution in [1.29, 1.82) is 0 Å². The summed E-state index contributed by atoms with van der Waals surface area (Å²) in [7, 11) is 0. The summed E-state index contributed by atoms with van der Waals surface area (Å²) >= 11 is 0. The summed E-state index contributed by atoms with van der Waals surface area (Å²) in [4.78, 5) is 25.2. The van der Waals surface area contributed by atoms with Crippen LogP contribution >= 0.6 is 12.4 Å². The van der Waals surface area contributed by atoms with Gasteiger partial charge in [-0.25, -0.2) is 0 Å². The molecule has 2 amide bonds. The summed E-state index contributed by atoms with van der Waals surface area (Å²) in [6, 6.07) is 0.145. The molecule has 5 nitrogen and oxygen atoms in total. The van der Waals surface area contributed by atoms with Gasteiger partial charge in [0.25, 0.3) is 0 Å². The van der Waals surface area contributed by atoms with E-state index >= 15 is 0 Å². The molecule has 2 atom stereocenters. The highest BCUT2D eigenvalue weighted by Gasteiger charge is 2.31. The Bertz CT molecular complexity index is 286.